The van der Waals surface area contributed by atoms with E-state index in [1.807, 2.05) is 48.5 Å². The van der Waals surface area contributed by atoms with Crippen LogP contribution in [0.5, 0.6) is 0 Å². The monoisotopic (exact) mass is 435 g/mol. The molecular formula is C23H21N3O4S. The minimum atomic E-state index is -0.497. The third-order valence-corrected chi connectivity index (χ3v) is 6.12. The summed E-state index contributed by atoms with van der Waals surface area (Å²) in [6, 6.07) is 16.5. The van der Waals surface area contributed by atoms with Crippen LogP contribution in [0.4, 0.5) is 0 Å². The molecule has 31 heavy (non-hydrogen) atoms. The van der Waals surface area contributed by atoms with Crippen LogP contribution in [0, 0.1) is 0 Å². The van der Waals surface area contributed by atoms with E-state index in [1.54, 1.807) is 13.2 Å². The molecule has 0 spiro atoms. The summed E-state index contributed by atoms with van der Waals surface area (Å²) in [5, 5.41) is 0.337. The number of nitrogens with zero attached hydrogens (tertiary/aromatic N) is 3. The van der Waals surface area contributed by atoms with E-state index in [0.29, 0.717) is 27.9 Å². The number of esters is 1. The molecule has 0 aliphatic carbocycles. The standard InChI is InChI=1S/C23H21N3O4S/c1-25-21-18(20(27)26(23(25)29)15-16-8-3-2-4-9-16)14-19(31-21)22(28)30-13-7-11-17-10-5-6-12-24-17/h2-6,8-10,12,14H,7,11,13,15H2,1H3. The maximum atomic E-state index is 13.0. The SMILES string of the molecule is Cn1c(=O)n(Cc2ccccc2)c(=O)c2cc(C(=O)OCCCc3ccccn3)sc21. The van der Waals surface area contributed by atoms with Crippen molar-refractivity contribution in [1.29, 1.82) is 0 Å². The third-order valence-electron chi connectivity index (χ3n) is 4.93. The fourth-order valence-electron chi connectivity index (χ4n) is 3.33. The van der Waals surface area contributed by atoms with Crippen molar-refractivity contribution in [3.63, 3.8) is 0 Å². The molecular weight excluding hydrogens is 414 g/mol. The fourth-order valence-corrected chi connectivity index (χ4v) is 4.32. The van der Waals surface area contributed by atoms with Gasteiger partial charge in [-0.15, -0.1) is 11.3 Å². The van der Waals surface area contributed by atoms with Crippen LogP contribution >= 0.6 is 11.3 Å². The van der Waals surface area contributed by atoms with Crippen molar-refractivity contribution < 1.29 is 9.53 Å². The lowest BCUT2D eigenvalue weighted by Gasteiger charge is -2.08. The second-order valence-corrected chi connectivity index (χ2v) is 8.14. The van der Waals surface area contributed by atoms with Crippen LogP contribution in [0.15, 0.2) is 70.4 Å². The Morgan fingerprint density at radius 2 is 1.87 bits per heavy atom. The van der Waals surface area contributed by atoms with Crippen LogP contribution in [0.2, 0.25) is 0 Å². The van der Waals surface area contributed by atoms with Crippen molar-refractivity contribution >= 4 is 27.5 Å². The summed E-state index contributed by atoms with van der Waals surface area (Å²) in [6.07, 6.45) is 3.09. The Kier molecular flexibility index (Phi) is 6.08. The molecule has 0 aliphatic rings. The Morgan fingerprint density at radius 3 is 2.61 bits per heavy atom. The first-order chi connectivity index (χ1) is 15.0. The molecule has 0 atom stereocenters. The van der Waals surface area contributed by atoms with Crippen molar-refractivity contribution in [2.45, 2.75) is 19.4 Å². The van der Waals surface area contributed by atoms with Gasteiger partial charge in [0.15, 0.2) is 0 Å². The number of aryl methyl sites for hydroxylation is 2. The number of benzene rings is 1. The first kappa shape index (κ1) is 20.7. The predicted octanol–water partition coefficient (Wildman–Crippen LogP) is 2.99. The lowest BCUT2D eigenvalue weighted by atomic mass is 10.2. The van der Waals surface area contributed by atoms with Crippen LogP contribution in [-0.2, 0) is 24.8 Å². The van der Waals surface area contributed by atoms with Gasteiger partial charge in [0.1, 0.15) is 9.71 Å². The molecule has 0 saturated carbocycles. The molecule has 3 aromatic heterocycles. The van der Waals surface area contributed by atoms with Gasteiger partial charge in [0.05, 0.1) is 18.5 Å². The lowest BCUT2D eigenvalue weighted by Crippen LogP contribution is -2.38. The molecule has 0 saturated heterocycles. The summed E-state index contributed by atoms with van der Waals surface area (Å²) in [5.74, 6) is -0.497. The highest BCUT2D eigenvalue weighted by Gasteiger charge is 2.18. The van der Waals surface area contributed by atoms with Crippen LogP contribution in [0.1, 0.15) is 27.3 Å². The molecule has 0 fully saturated rings. The molecule has 4 aromatic rings. The van der Waals surface area contributed by atoms with Crippen LogP contribution in [-0.4, -0.2) is 26.7 Å². The number of hydrogen-bond acceptors (Lipinski definition) is 6. The van der Waals surface area contributed by atoms with Crippen LogP contribution in [0.3, 0.4) is 0 Å². The Labute approximate surface area is 182 Å². The third kappa shape index (κ3) is 4.49. The Hall–Kier alpha value is -3.52. The number of aromatic nitrogens is 3. The topological polar surface area (TPSA) is 83.2 Å². The van der Waals surface area contributed by atoms with Gasteiger partial charge >= 0.3 is 11.7 Å². The van der Waals surface area contributed by atoms with E-state index in [-0.39, 0.29) is 13.2 Å². The zero-order chi connectivity index (χ0) is 21.8. The van der Waals surface area contributed by atoms with Gasteiger partial charge in [-0.3, -0.25) is 18.9 Å². The van der Waals surface area contributed by atoms with E-state index in [4.69, 9.17) is 4.74 Å². The van der Waals surface area contributed by atoms with E-state index in [1.165, 1.54) is 15.2 Å². The van der Waals surface area contributed by atoms with Gasteiger partial charge in [-0.2, -0.15) is 0 Å². The minimum absolute atomic E-state index is 0.172. The van der Waals surface area contributed by atoms with Crippen molar-refractivity contribution in [1.82, 2.24) is 14.1 Å². The highest BCUT2D eigenvalue weighted by molar-refractivity contribution is 7.20. The van der Waals surface area contributed by atoms with E-state index < -0.39 is 17.2 Å². The second-order valence-electron chi connectivity index (χ2n) is 7.11. The number of fused-ring (bicyclic) bond motifs is 1. The molecule has 0 unspecified atom stereocenters. The molecule has 0 N–H and O–H groups in total. The van der Waals surface area contributed by atoms with Crippen molar-refractivity contribution in [2.75, 3.05) is 6.61 Å². The number of carbonyl (C=O) groups excluding carboxylic acids is 1. The molecule has 7 nitrogen and oxygen atoms in total. The van der Waals surface area contributed by atoms with Crippen LogP contribution in [0.25, 0.3) is 10.2 Å². The van der Waals surface area contributed by atoms with Gasteiger partial charge in [0, 0.05) is 18.9 Å². The Bertz CT molecular complexity index is 1320. The highest BCUT2D eigenvalue weighted by Crippen LogP contribution is 2.22. The van der Waals surface area contributed by atoms with Gasteiger partial charge < -0.3 is 4.74 Å². The molecule has 0 radical (unpaired) electrons. The summed E-state index contributed by atoms with van der Waals surface area (Å²) in [4.78, 5) is 43.2. The lowest BCUT2D eigenvalue weighted by molar-refractivity contribution is 0.0506. The summed E-state index contributed by atoms with van der Waals surface area (Å²) in [7, 11) is 1.60. The van der Waals surface area contributed by atoms with Gasteiger partial charge in [-0.05, 0) is 36.6 Å². The molecule has 4 rings (SSSR count). The predicted molar refractivity (Wildman–Crippen MR) is 120 cm³/mol. The molecule has 0 aliphatic heterocycles. The molecule has 3 heterocycles. The number of thiophene rings is 1. The van der Waals surface area contributed by atoms with E-state index in [2.05, 4.69) is 4.98 Å². The van der Waals surface area contributed by atoms with Gasteiger partial charge in [0.25, 0.3) is 5.56 Å². The van der Waals surface area contributed by atoms with Crippen molar-refractivity contribution in [3.8, 4) is 0 Å². The molecule has 8 heteroatoms. The van der Waals surface area contributed by atoms with Crippen LogP contribution < -0.4 is 11.2 Å². The second kappa shape index (κ2) is 9.09. The molecule has 0 amide bonds. The highest BCUT2D eigenvalue weighted by atomic mass is 32.1. The minimum Gasteiger partial charge on any atom is -0.461 e. The normalized spacial score (nSPS) is 11.0. The van der Waals surface area contributed by atoms with E-state index >= 15 is 0 Å². The average Bonchev–Trinajstić information content (AvgIpc) is 3.25. The maximum Gasteiger partial charge on any atom is 0.348 e. The maximum absolute atomic E-state index is 13.0. The van der Waals surface area contributed by atoms with Crippen molar-refractivity contribution in [3.05, 3.63) is 97.8 Å². The van der Waals surface area contributed by atoms with Gasteiger partial charge in [-0.1, -0.05) is 36.4 Å². The van der Waals surface area contributed by atoms with Gasteiger partial charge in [0.2, 0.25) is 0 Å². The largest absolute Gasteiger partial charge is 0.461 e. The summed E-state index contributed by atoms with van der Waals surface area (Å²) >= 11 is 1.09. The number of pyridine rings is 1. The zero-order valence-electron chi connectivity index (χ0n) is 17.0. The number of rotatable bonds is 7. The Morgan fingerprint density at radius 1 is 1.10 bits per heavy atom. The molecule has 1 aromatic carbocycles. The summed E-state index contributed by atoms with van der Waals surface area (Å²) < 4.78 is 7.95. The first-order valence-electron chi connectivity index (χ1n) is 9.89. The van der Waals surface area contributed by atoms with Crippen molar-refractivity contribution in [2.24, 2.45) is 7.05 Å². The smallest absolute Gasteiger partial charge is 0.348 e. The zero-order valence-corrected chi connectivity index (χ0v) is 17.8. The van der Waals surface area contributed by atoms with E-state index in [0.717, 1.165) is 22.6 Å². The summed E-state index contributed by atoms with van der Waals surface area (Å²) in [5.41, 5.74) is 0.962. The quantitative estimate of drug-likeness (QED) is 0.329. The fraction of sp³-hybridized carbons (Fsp3) is 0.217. The Balaban J connectivity index is 1.52. The number of carbonyl (C=O) groups is 1. The first-order valence-corrected chi connectivity index (χ1v) is 10.7. The van der Waals surface area contributed by atoms with E-state index in [9.17, 15) is 14.4 Å². The average molecular weight is 436 g/mol. The molecule has 0 bridgehead atoms. The molecule has 158 valence electrons. The number of hydrogen-bond donors (Lipinski definition) is 0. The number of ether oxygens (including phenoxy) is 1. The summed E-state index contributed by atoms with van der Waals surface area (Å²) in [6.45, 7) is 0.423. The van der Waals surface area contributed by atoms with Gasteiger partial charge in [-0.25, -0.2) is 9.59 Å².